The van der Waals surface area contributed by atoms with E-state index in [1.165, 1.54) is 12.1 Å². The smallest absolute Gasteiger partial charge is 0.337 e. The Hall–Kier alpha value is -0.870. The largest absolute Gasteiger partial charge is 0.478 e. The van der Waals surface area contributed by atoms with Gasteiger partial charge in [0.05, 0.1) is 10.6 Å². The third-order valence-electron chi connectivity index (χ3n) is 1.35. The molecule has 3 nitrogen and oxygen atoms in total. The van der Waals surface area contributed by atoms with Gasteiger partial charge in [-0.15, -0.1) is 12.6 Å². The maximum absolute atomic E-state index is 10.5. The molecule has 1 aromatic rings. The third-order valence-corrected chi connectivity index (χ3v) is 2.05. The molecule has 0 heterocycles. The first-order chi connectivity index (χ1) is 5.52. The average molecular weight is 204 g/mol. The number of hydrogen-bond donors (Lipinski definition) is 3. The molecule has 3 N–H and O–H groups in total. The fourth-order valence-electron chi connectivity index (χ4n) is 0.743. The minimum atomic E-state index is -1.10. The lowest BCUT2D eigenvalue weighted by Gasteiger charge is -2.02. The Morgan fingerprint density at radius 2 is 2.17 bits per heavy atom. The van der Waals surface area contributed by atoms with E-state index in [1.807, 2.05) is 0 Å². The van der Waals surface area contributed by atoms with Crippen LogP contribution in [0.15, 0.2) is 17.0 Å². The van der Waals surface area contributed by atoms with Crippen molar-refractivity contribution < 1.29 is 9.90 Å². The van der Waals surface area contributed by atoms with Crippen LogP contribution in [0.3, 0.4) is 0 Å². The van der Waals surface area contributed by atoms with E-state index in [0.29, 0.717) is 10.6 Å². The zero-order valence-electron chi connectivity index (χ0n) is 5.91. The molecular weight excluding hydrogens is 198 g/mol. The highest BCUT2D eigenvalue weighted by Crippen LogP contribution is 2.25. The topological polar surface area (TPSA) is 63.3 Å². The average Bonchev–Trinajstić information content (AvgIpc) is 1.96. The van der Waals surface area contributed by atoms with Crippen molar-refractivity contribution >= 4 is 35.9 Å². The van der Waals surface area contributed by atoms with E-state index < -0.39 is 5.97 Å². The van der Waals surface area contributed by atoms with Gasteiger partial charge in [0.15, 0.2) is 0 Å². The summed E-state index contributed by atoms with van der Waals surface area (Å²) < 4.78 is 0. The van der Waals surface area contributed by atoms with E-state index in [1.54, 1.807) is 0 Å². The van der Waals surface area contributed by atoms with Gasteiger partial charge in [-0.2, -0.15) is 0 Å². The lowest BCUT2D eigenvalue weighted by atomic mass is 10.2. The number of carbonyl (C=O) groups is 1. The van der Waals surface area contributed by atoms with Crippen LogP contribution in [0.5, 0.6) is 0 Å². The Kier molecular flexibility index (Phi) is 2.49. The number of anilines is 1. The summed E-state index contributed by atoms with van der Waals surface area (Å²) >= 11 is 9.59. The molecule has 0 radical (unpaired) electrons. The number of aromatic carboxylic acids is 1. The first-order valence-corrected chi connectivity index (χ1v) is 3.86. The van der Waals surface area contributed by atoms with Gasteiger partial charge >= 0.3 is 5.97 Å². The standard InChI is InChI=1S/C7H6ClNO2S/c8-4-2-6(12)5(9)1-3(4)7(10)11/h1-2,12H,9H2,(H,10,11). The SMILES string of the molecule is Nc1cc(C(=O)O)c(Cl)cc1S. The molecule has 1 aromatic carbocycles. The zero-order chi connectivity index (χ0) is 9.30. The van der Waals surface area contributed by atoms with Crippen molar-refractivity contribution in [2.24, 2.45) is 0 Å². The lowest BCUT2D eigenvalue weighted by molar-refractivity contribution is 0.0697. The molecule has 0 amide bonds. The molecule has 0 saturated carbocycles. The van der Waals surface area contributed by atoms with E-state index in [-0.39, 0.29) is 10.6 Å². The zero-order valence-corrected chi connectivity index (χ0v) is 7.56. The Morgan fingerprint density at radius 1 is 1.58 bits per heavy atom. The molecule has 0 aromatic heterocycles. The molecule has 0 saturated heterocycles. The summed E-state index contributed by atoms with van der Waals surface area (Å²) in [6, 6.07) is 2.69. The van der Waals surface area contributed by atoms with E-state index in [2.05, 4.69) is 12.6 Å². The monoisotopic (exact) mass is 203 g/mol. The summed E-state index contributed by atoms with van der Waals surface area (Å²) in [4.78, 5) is 11.0. The summed E-state index contributed by atoms with van der Waals surface area (Å²) in [5.41, 5.74) is 5.73. The van der Waals surface area contributed by atoms with Gasteiger partial charge in [-0.25, -0.2) is 4.79 Å². The van der Waals surface area contributed by atoms with Gasteiger partial charge in [-0.1, -0.05) is 11.6 Å². The van der Waals surface area contributed by atoms with Crippen molar-refractivity contribution in [1.82, 2.24) is 0 Å². The fraction of sp³-hybridized carbons (Fsp3) is 0. The van der Waals surface area contributed by atoms with Crippen LogP contribution in [0.25, 0.3) is 0 Å². The fourth-order valence-corrected chi connectivity index (χ4v) is 1.26. The van der Waals surface area contributed by atoms with Crippen LogP contribution in [-0.2, 0) is 0 Å². The second-order valence-corrected chi connectivity index (χ2v) is 3.09. The number of halogens is 1. The summed E-state index contributed by atoms with van der Waals surface area (Å²) in [6.07, 6.45) is 0. The van der Waals surface area contributed by atoms with Crippen LogP contribution in [-0.4, -0.2) is 11.1 Å². The number of nitrogen functional groups attached to an aromatic ring is 1. The van der Waals surface area contributed by atoms with Gasteiger partial charge in [0.25, 0.3) is 0 Å². The number of benzene rings is 1. The Labute approximate surface area is 79.6 Å². The molecule has 0 atom stereocenters. The second kappa shape index (κ2) is 3.25. The van der Waals surface area contributed by atoms with Crippen LogP contribution in [0.2, 0.25) is 5.02 Å². The normalized spacial score (nSPS) is 9.83. The molecule has 0 spiro atoms. The molecule has 0 fully saturated rings. The Bertz CT molecular complexity index is 340. The van der Waals surface area contributed by atoms with E-state index in [9.17, 15) is 4.79 Å². The van der Waals surface area contributed by atoms with Gasteiger partial charge in [0.1, 0.15) is 0 Å². The molecule has 12 heavy (non-hydrogen) atoms. The number of carboxylic acid groups (broad SMARTS) is 1. The van der Waals surface area contributed by atoms with Gasteiger partial charge < -0.3 is 10.8 Å². The van der Waals surface area contributed by atoms with Crippen molar-refractivity contribution in [2.45, 2.75) is 4.90 Å². The van der Waals surface area contributed by atoms with Crippen LogP contribution in [0, 0.1) is 0 Å². The molecule has 0 aliphatic carbocycles. The highest BCUT2D eigenvalue weighted by atomic mass is 35.5. The first kappa shape index (κ1) is 9.22. The highest BCUT2D eigenvalue weighted by molar-refractivity contribution is 7.80. The molecule has 5 heteroatoms. The summed E-state index contributed by atoms with van der Waals surface area (Å²) in [6.45, 7) is 0. The van der Waals surface area contributed by atoms with Crippen LogP contribution in [0.4, 0.5) is 5.69 Å². The Morgan fingerprint density at radius 3 is 2.67 bits per heavy atom. The van der Waals surface area contributed by atoms with Crippen LogP contribution >= 0.6 is 24.2 Å². The van der Waals surface area contributed by atoms with Crippen molar-refractivity contribution in [1.29, 1.82) is 0 Å². The van der Waals surface area contributed by atoms with E-state index in [4.69, 9.17) is 22.4 Å². The van der Waals surface area contributed by atoms with Crippen LogP contribution < -0.4 is 5.73 Å². The summed E-state index contributed by atoms with van der Waals surface area (Å²) in [5, 5.41) is 8.76. The van der Waals surface area contributed by atoms with Crippen molar-refractivity contribution in [3.05, 3.63) is 22.7 Å². The first-order valence-electron chi connectivity index (χ1n) is 3.03. The van der Waals surface area contributed by atoms with Crippen LogP contribution in [0.1, 0.15) is 10.4 Å². The molecular formula is C7H6ClNO2S. The van der Waals surface area contributed by atoms with Crippen molar-refractivity contribution in [3.8, 4) is 0 Å². The highest BCUT2D eigenvalue weighted by Gasteiger charge is 2.10. The molecule has 64 valence electrons. The van der Waals surface area contributed by atoms with Gasteiger partial charge in [-0.05, 0) is 12.1 Å². The summed E-state index contributed by atoms with van der Waals surface area (Å²) in [7, 11) is 0. The molecule has 0 aliphatic rings. The minimum Gasteiger partial charge on any atom is -0.478 e. The summed E-state index contributed by atoms with van der Waals surface area (Å²) in [5.74, 6) is -1.10. The lowest BCUT2D eigenvalue weighted by Crippen LogP contribution is -1.99. The van der Waals surface area contributed by atoms with E-state index >= 15 is 0 Å². The van der Waals surface area contributed by atoms with Gasteiger partial charge in [0, 0.05) is 10.6 Å². The number of rotatable bonds is 1. The van der Waals surface area contributed by atoms with Crippen molar-refractivity contribution in [2.75, 3.05) is 5.73 Å². The number of carboxylic acids is 1. The minimum absolute atomic E-state index is 0.00744. The maximum Gasteiger partial charge on any atom is 0.337 e. The molecule has 1 rings (SSSR count). The predicted molar refractivity (Wildman–Crippen MR) is 50.1 cm³/mol. The number of thiol groups is 1. The quantitative estimate of drug-likeness (QED) is 0.483. The van der Waals surface area contributed by atoms with Gasteiger partial charge in [0.2, 0.25) is 0 Å². The molecule has 0 aliphatic heterocycles. The van der Waals surface area contributed by atoms with Gasteiger partial charge in [-0.3, -0.25) is 0 Å². The Balaban J connectivity index is 3.33. The van der Waals surface area contributed by atoms with Crippen molar-refractivity contribution in [3.63, 3.8) is 0 Å². The molecule has 0 unspecified atom stereocenters. The number of hydrogen-bond acceptors (Lipinski definition) is 3. The third kappa shape index (κ3) is 1.65. The second-order valence-electron chi connectivity index (χ2n) is 2.20. The maximum atomic E-state index is 10.5. The molecule has 0 bridgehead atoms. The van der Waals surface area contributed by atoms with E-state index in [0.717, 1.165) is 0 Å². The predicted octanol–water partition coefficient (Wildman–Crippen LogP) is 1.91. The number of nitrogens with two attached hydrogens (primary N) is 1.